The lowest BCUT2D eigenvalue weighted by Crippen LogP contribution is -2.40. The Balaban J connectivity index is 1.78. The Kier molecular flexibility index (Phi) is 7.09. The molecule has 0 radical (unpaired) electrons. The quantitative estimate of drug-likeness (QED) is 0.300. The highest BCUT2D eigenvalue weighted by Crippen LogP contribution is 2.26. The molecule has 8 nitrogen and oxygen atoms in total. The number of hydrogen-bond donors (Lipinski definition) is 3. The maximum absolute atomic E-state index is 13.0. The molecule has 152 valence electrons. The smallest absolute Gasteiger partial charge is 0.267 e. The van der Waals surface area contributed by atoms with Gasteiger partial charge in [0.2, 0.25) is 5.96 Å². The zero-order valence-electron chi connectivity index (χ0n) is 16.0. The highest BCUT2D eigenvalue weighted by atomic mass is 32.2. The number of nitriles is 1. The molecule has 0 bridgehead atoms. The molecule has 0 aliphatic heterocycles. The number of aromatic nitrogens is 1. The van der Waals surface area contributed by atoms with Gasteiger partial charge >= 0.3 is 0 Å². The van der Waals surface area contributed by atoms with Gasteiger partial charge in [0.1, 0.15) is 4.90 Å². The van der Waals surface area contributed by atoms with Crippen LogP contribution in [0.25, 0.3) is 0 Å². The van der Waals surface area contributed by atoms with Gasteiger partial charge in [0.25, 0.3) is 10.0 Å². The third-order valence-electron chi connectivity index (χ3n) is 5.33. The molecule has 0 amide bonds. The first-order chi connectivity index (χ1) is 13.6. The van der Waals surface area contributed by atoms with E-state index < -0.39 is 10.0 Å². The fourth-order valence-corrected chi connectivity index (χ4v) is 4.98. The van der Waals surface area contributed by atoms with Gasteiger partial charge in [-0.1, -0.05) is 38.5 Å². The Morgan fingerprint density at radius 2 is 1.79 bits per heavy atom. The third-order valence-corrected chi connectivity index (χ3v) is 6.70. The van der Waals surface area contributed by atoms with E-state index in [4.69, 9.17) is 5.26 Å². The summed E-state index contributed by atoms with van der Waals surface area (Å²) in [6.07, 6.45) is 15.4. The van der Waals surface area contributed by atoms with Gasteiger partial charge in [-0.05, 0) is 31.7 Å². The van der Waals surface area contributed by atoms with E-state index in [-0.39, 0.29) is 22.9 Å². The molecule has 0 spiro atoms. The van der Waals surface area contributed by atoms with Crippen molar-refractivity contribution in [2.75, 3.05) is 5.32 Å². The van der Waals surface area contributed by atoms with Crippen molar-refractivity contribution in [2.45, 2.75) is 81.2 Å². The highest BCUT2D eigenvalue weighted by molar-refractivity contribution is 7.90. The molecule has 28 heavy (non-hydrogen) atoms. The van der Waals surface area contributed by atoms with Crippen LogP contribution in [0.15, 0.2) is 28.3 Å². The summed E-state index contributed by atoms with van der Waals surface area (Å²) >= 11 is 0. The number of nitrogens with one attached hydrogen (secondary N) is 3. The van der Waals surface area contributed by atoms with Gasteiger partial charge in [-0.25, -0.2) is 18.1 Å². The van der Waals surface area contributed by atoms with Crippen LogP contribution in [-0.2, 0) is 10.0 Å². The number of pyridine rings is 1. The monoisotopic (exact) mass is 404 g/mol. The van der Waals surface area contributed by atoms with Crippen molar-refractivity contribution >= 4 is 21.7 Å². The van der Waals surface area contributed by atoms with Crippen molar-refractivity contribution in [3.8, 4) is 6.19 Å². The van der Waals surface area contributed by atoms with Gasteiger partial charge in [-0.2, -0.15) is 5.26 Å². The SMILES string of the molecule is N#CNC(=NC1CCCCC1)NS(=O)(=O)c1cnccc1NC1CCCCC1. The van der Waals surface area contributed by atoms with Crippen LogP contribution in [-0.4, -0.2) is 31.4 Å². The van der Waals surface area contributed by atoms with Gasteiger partial charge in [-0.3, -0.25) is 10.3 Å². The van der Waals surface area contributed by atoms with Gasteiger partial charge in [0.05, 0.1) is 11.7 Å². The zero-order chi connectivity index (χ0) is 19.8. The van der Waals surface area contributed by atoms with Crippen LogP contribution >= 0.6 is 0 Å². The van der Waals surface area contributed by atoms with Crippen LogP contribution in [0.4, 0.5) is 5.69 Å². The molecule has 9 heteroatoms. The largest absolute Gasteiger partial charge is 0.381 e. The Morgan fingerprint density at radius 3 is 2.46 bits per heavy atom. The lowest BCUT2D eigenvalue weighted by atomic mass is 9.95. The van der Waals surface area contributed by atoms with Gasteiger partial charge in [0.15, 0.2) is 6.19 Å². The molecule has 2 fully saturated rings. The topological polar surface area (TPSA) is 119 Å². The van der Waals surface area contributed by atoms with Crippen LogP contribution in [0, 0.1) is 11.5 Å². The van der Waals surface area contributed by atoms with E-state index in [0.29, 0.717) is 5.69 Å². The van der Waals surface area contributed by atoms with Crippen molar-refractivity contribution in [2.24, 2.45) is 4.99 Å². The van der Waals surface area contributed by atoms with Crippen molar-refractivity contribution in [1.29, 1.82) is 5.26 Å². The predicted octanol–water partition coefficient (Wildman–Crippen LogP) is 2.86. The first kappa shape index (κ1) is 20.4. The maximum Gasteiger partial charge on any atom is 0.267 e. The fourth-order valence-electron chi connectivity index (χ4n) is 3.89. The summed E-state index contributed by atoms with van der Waals surface area (Å²) in [7, 11) is -3.93. The molecule has 1 heterocycles. The van der Waals surface area contributed by atoms with E-state index in [1.165, 1.54) is 19.0 Å². The second kappa shape index (κ2) is 9.73. The third kappa shape index (κ3) is 5.58. The molecule has 3 N–H and O–H groups in total. The average molecular weight is 405 g/mol. The van der Waals surface area contributed by atoms with E-state index in [1.54, 1.807) is 18.5 Å². The lowest BCUT2D eigenvalue weighted by Gasteiger charge is -2.25. The molecule has 0 aromatic carbocycles. The van der Waals surface area contributed by atoms with Crippen LogP contribution in [0.5, 0.6) is 0 Å². The maximum atomic E-state index is 13.0. The summed E-state index contributed by atoms with van der Waals surface area (Å²) in [5.74, 6) is -0.0260. The Bertz CT molecular complexity index is 821. The molecule has 1 aromatic rings. The van der Waals surface area contributed by atoms with E-state index in [2.05, 4.69) is 25.3 Å². The van der Waals surface area contributed by atoms with E-state index in [1.807, 2.05) is 0 Å². The average Bonchev–Trinajstić information content (AvgIpc) is 2.70. The minimum Gasteiger partial charge on any atom is -0.381 e. The van der Waals surface area contributed by atoms with Crippen molar-refractivity contribution < 1.29 is 8.42 Å². The second-order valence-corrected chi connectivity index (χ2v) is 9.11. The predicted molar refractivity (Wildman–Crippen MR) is 108 cm³/mol. The molecular weight excluding hydrogens is 376 g/mol. The fraction of sp³-hybridized carbons (Fsp3) is 0.632. The molecular formula is C19H28N6O2S. The van der Waals surface area contributed by atoms with E-state index >= 15 is 0 Å². The van der Waals surface area contributed by atoms with Gasteiger partial charge in [0, 0.05) is 18.4 Å². The van der Waals surface area contributed by atoms with Crippen molar-refractivity contribution in [3.63, 3.8) is 0 Å². The molecule has 1 aromatic heterocycles. The molecule has 0 atom stereocenters. The van der Waals surface area contributed by atoms with Crippen LogP contribution in [0.1, 0.15) is 64.2 Å². The summed E-state index contributed by atoms with van der Waals surface area (Å²) in [5, 5.41) is 14.7. The first-order valence-corrected chi connectivity index (χ1v) is 11.5. The van der Waals surface area contributed by atoms with Gasteiger partial charge in [-0.15, -0.1) is 0 Å². The van der Waals surface area contributed by atoms with Gasteiger partial charge < -0.3 is 5.32 Å². The number of anilines is 1. The standard InChI is InChI=1S/C19H28N6O2S/c20-14-22-19(24-16-9-5-2-6-10-16)25-28(26,27)18-13-21-12-11-17(18)23-15-7-3-1-4-8-15/h11-13,15-16H,1-10H2,(H,21,23)(H2,22,24,25). The van der Waals surface area contributed by atoms with Crippen LogP contribution in [0.2, 0.25) is 0 Å². The molecule has 0 saturated heterocycles. The van der Waals surface area contributed by atoms with E-state index in [0.717, 1.165) is 51.4 Å². The number of hydrogen-bond acceptors (Lipinski definition) is 6. The number of aliphatic imine (C=N–C) groups is 1. The summed E-state index contributed by atoms with van der Waals surface area (Å²) < 4.78 is 28.4. The highest BCUT2D eigenvalue weighted by Gasteiger charge is 2.24. The normalized spacial score (nSPS) is 19.6. The number of nitrogens with zero attached hydrogens (tertiary/aromatic N) is 3. The first-order valence-electron chi connectivity index (χ1n) is 10.0. The second-order valence-electron chi connectivity index (χ2n) is 7.46. The number of rotatable bonds is 5. The summed E-state index contributed by atoms with van der Waals surface area (Å²) in [4.78, 5) is 8.49. The van der Waals surface area contributed by atoms with Crippen LogP contribution < -0.4 is 15.4 Å². The van der Waals surface area contributed by atoms with Crippen molar-refractivity contribution in [1.82, 2.24) is 15.0 Å². The molecule has 2 saturated carbocycles. The minimum atomic E-state index is -3.93. The Morgan fingerprint density at radius 1 is 1.11 bits per heavy atom. The number of sulfonamides is 1. The van der Waals surface area contributed by atoms with Crippen molar-refractivity contribution in [3.05, 3.63) is 18.5 Å². The summed E-state index contributed by atoms with van der Waals surface area (Å²) in [5.41, 5.74) is 0.531. The molecule has 2 aliphatic rings. The molecule has 2 aliphatic carbocycles. The number of guanidine groups is 1. The summed E-state index contributed by atoms with van der Waals surface area (Å²) in [6, 6.07) is 1.97. The summed E-state index contributed by atoms with van der Waals surface area (Å²) in [6.45, 7) is 0. The zero-order valence-corrected chi connectivity index (χ0v) is 16.8. The molecule has 0 unspecified atom stereocenters. The van der Waals surface area contributed by atoms with Crippen LogP contribution in [0.3, 0.4) is 0 Å². The molecule has 3 rings (SSSR count). The Hall–Kier alpha value is -2.34. The lowest BCUT2D eigenvalue weighted by molar-refractivity contribution is 0.442. The Labute approximate surface area is 166 Å². The van der Waals surface area contributed by atoms with E-state index in [9.17, 15) is 8.42 Å². The minimum absolute atomic E-state index is 0.0260.